The molecule has 0 fully saturated rings. The summed E-state index contributed by atoms with van der Waals surface area (Å²) in [6, 6.07) is 2.02. The van der Waals surface area contributed by atoms with Crippen molar-refractivity contribution in [1.82, 2.24) is 24.5 Å². The Bertz CT molecular complexity index is 821. The Morgan fingerprint density at radius 3 is 2.68 bits per heavy atom. The molecule has 0 aromatic carbocycles. The van der Waals surface area contributed by atoms with Gasteiger partial charge < -0.3 is 10.0 Å². The van der Waals surface area contributed by atoms with Crippen molar-refractivity contribution in [3.63, 3.8) is 0 Å². The number of fused-ring (bicyclic) bond motifs is 1. The van der Waals surface area contributed by atoms with Gasteiger partial charge in [-0.1, -0.05) is 0 Å². The van der Waals surface area contributed by atoms with Crippen LogP contribution >= 0.6 is 0 Å². The highest BCUT2D eigenvalue weighted by molar-refractivity contribution is 5.88. The molecule has 3 rings (SSSR count). The minimum absolute atomic E-state index is 0.0485. The SMILES string of the molecule is Cc1cc(C)n(CCCC(=O)N2CCc3c(c(C(=O)O)nn3C)C2)n1. The van der Waals surface area contributed by atoms with Crippen LogP contribution in [0.4, 0.5) is 0 Å². The number of carboxylic acid groups (broad SMARTS) is 1. The number of hydrogen-bond donors (Lipinski definition) is 1. The van der Waals surface area contributed by atoms with E-state index in [9.17, 15) is 14.7 Å². The van der Waals surface area contributed by atoms with Gasteiger partial charge in [0.1, 0.15) is 0 Å². The summed E-state index contributed by atoms with van der Waals surface area (Å²) in [5.74, 6) is -0.997. The maximum Gasteiger partial charge on any atom is 0.356 e. The van der Waals surface area contributed by atoms with Gasteiger partial charge in [0.2, 0.25) is 5.91 Å². The zero-order chi connectivity index (χ0) is 18.1. The van der Waals surface area contributed by atoms with Crippen molar-refractivity contribution >= 4 is 11.9 Å². The molecule has 1 N–H and O–H groups in total. The van der Waals surface area contributed by atoms with Crippen molar-refractivity contribution in [1.29, 1.82) is 0 Å². The van der Waals surface area contributed by atoms with E-state index in [1.165, 1.54) is 0 Å². The van der Waals surface area contributed by atoms with Gasteiger partial charge in [-0.05, 0) is 26.3 Å². The Labute approximate surface area is 146 Å². The Morgan fingerprint density at radius 2 is 2.04 bits per heavy atom. The summed E-state index contributed by atoms with van der Waals surface area (Å²) in [5.41, 5.74) is 3.69. The van der Waals surface area contributed by atoms with Gasteiger partial charge in [0.15, 0.2) is 5.69 Å². The normalized spacial score (nSPS) is 13.8. The number of nitrogens with zero attached hydrogens (tertiary/aromatic N) is 5. The van der Waals surface area contributed by atoms with E-state index in [1.54, 1.807) is 16.6 Å². The summed E-state index contributed by atoms with van der Waals surface area (Å²) < 4.78 is 3.53. The summed E-state index contributed by atoms with van der Waals surface area (Å²) in [7, 11) is 1.75. The van der Waals surface area contributed by atoms with Crippen LogP contribution < -0.4 is 0 Å². The average molecular weight is 345 g/mol. The summed E-state index contributed by atoms with van der Waals surface area (Å²) >= 11 is 0. The van der Waals surface area contributed by atoms with E-state index in [-0.39, 0.29) is 11.6 Å². The molecular weight excluding hydrogens is 322 g/mol. The quantitative estimate of drug-likeness (QED) is 0.881. The minimum Gasteiger partial charge on any atom is -0.476 e. The van der Waals surface area contributed by atoms with E-state index in [0.29, 0.717) is 44.5 Å². The first-order chi connectivity index (χ1) is 11.9. The van der Waals surface area contributed by atoms with Crippen LogP contribution in [0.1, 0.15) is 46.0 Å². The van der Waals surface area contributed by atoms with Crippen LogP contribution in [-0.4, -0.2) is 48.0 Å². The van der Waals surface area contributed by atoms with Crippen molar-refractivity contribution in [2.45, 2.75) is 46.2 Å². The Kier molecular flexibility index (Phi) is 4.61. The van der Waals surface area contributed by atoms with Crippen molar-refractivity contribution in [3.05, 3.63) is 34.4 Å². The van der Waals surface area contributed by atoms with Crippen molar-refractivity contribution < 1.29 is 14.7 Å². The third-order valence-corrected chi connectivity index (χ3v) is 4.66. The molecule has 0 atom stereocenters. The van der Waals surface area contributed by atoms with E-state index >= 15 is 0 Å². The number of hydrogen-bond acceptors (Lipinski definition) is 4. The van der Waals surface area contributed by atoms with E-state index < -0.39 is 5.97 Å². The van der Waals surface area contributed by atoms with Gasteiger partial charge in [-0.3, -0.25) is 14.2 Å². The number of aromatic nitrogens is 4. The second kappa shape index (κ2) is 6.70. The first-order valence-corrected chi connectivity index (χ1v) is 8.43. The van der Waals surface area contributed by atoms with Gasteiger partial charge in [-0.25, -0.2) is 4.79 Å². The Balaban J connectivity index is 1.61. The third-order valence-electron chi connectivity index (χ3n) is 4.66. The lowest BCUT2D eigenvalue weighted by molar-refractivity contribution is -0.132. The fraction of sp³-hybridized carbons (Fsp3) is 0.529. The van der Waals surface area contributed by atoms with Crippen LogP contribution in [-0.2, 0) is 31.4 Å². The number of aromatic carboxylic acids is 1. The highest BCUT2D eigenvalue weighted by Crippen LogP contribution is 2.23. The van der Waals surface area contributed by atoms with Gasteiger partial charge in [0.25, 0.3) is 0 Å². The second-order valence-corrected chi connectivity index (χ2v) is 6.52. The fourth-order valence-corrected chi connectivity index (χ4v) is 3.42. The summed E-state index contributed by atoms with van der Waals surface area (Å²) in [6.07, 6.45) is 1.77. The summed E-state index contributed by atoms with van der Waals surface area (Å²) in [5, 5.41) is 17.8. The molecule has 0 spiro atoms. The lowest BCUT2D eigenvalue weighted by Gasteiger charge is -2.27. The Morgan fingerprint density at radius 1 is 1.28 bits per heavy atom. The molecule has 3 heterocycles. The maximum absolute atomic E-state index is 12.5. The topological polar surface area (TPSA) is 93.3 Å². The van der Waals surface area contributed by atoms with Gasteiger partial charge in [-0.15, -0.1) is 0 Å². The maximum atomic E-state index is 12.5. The van der Waals surface area contributed by atoms with Crippen molar-refractivity contribution in [3.8, 4) is 0 Å². The average Bonchev–Trinajstić information content (AvgIpc) is 3.06. The number of carbonyl (C=O) groups is 2. The lowest BCUT2D eigenvalue weighted by atomic mass is 10.0. The van der Waals surface area contributed by atoms with Crippen LogP contribution in [0.25, 0.3) is 0 Å². The van der Waals surface area contributed by atoms with E-state index in [0.717, 1.165) is 17.1 Å². The fourth-order valence-electron chi connectivity index (χ4n) is 3.42. The van der Waals surface area contributed by atoms with E-state index in [2.05, 4.69) is 10.2 Å². The molecule has 8 heteroatoms. The van der Waals surface area contributed by atoms with E-state index in [1.807, 2.05) is 24.6 Å². The van der Waals surface area contributed by atoms with Gasteiger partial charge in [-0.2, -0.15) is 10.2 Å². The zero-order valence-electron chi connectivity index (χ0n) is 14.8. The van der Waals surface area contributed by atoms with Gasteiger partial charge >= 0.3 is 5.97 Å². The van der Waals surface area contributed by atoms with Crippen LogP contribution in [0.3, 0.4) is 0 Å². The van der Waals surface area contributed by atoms with Crippen molar-refractivity contribution in [2.75, 3.05) is 6.54 Å². The first kappa shape index (κ1) is 17.2. The molecule has 2 aromatic heterocycles. The highest BCUT2D eigenvalue weighted by Gasteiger charge is 2.28. The molecule has 8 nitrogen and oxygen atoms in total. The molecule has 0 aliphatic carbocycles. The molecule has 0 saturated carbocycles. The van der Waals surface area contributed by atoms with Gasteiger partial charge in [0, 0.05) is 56.5 Å². The number of amides is 1. The van der Waals surface area contributed by atoms with Crippen molar-refractivity contribution in [2.24, 2.45) is 7.05 Å². The molecule has 0 radical (unpaired) electrons. The molecule has 0 saturated heterocycles. The predicted octanol–water partition coefficient (Wildman–Crippen LogP) is 1.30. The number of carboxylic acids is 1. The lowest BCUT2D eigenvalue weighted by Crippen LogP contribution is -2.36. The predicted molar refractivity (Wildman–Crippen MR) is 90.2 cm³/mol. The first-order valence-electron chi connectivity index (χ1n) is 8.43. The third kappa shape index (κ3) is 3.42. The van der Waals surface area contributed by atoms with Gasteiger partial charge in [0.05, 0.1) is 5.69 Å². The minimum atomic E-state index is -1.05. The van der Waals surface area contributed by atoms with Crippen LogP contribution in [0, 0.1) is 13.8 Å². The monoisotopic (exact) mass is 345 g/mol. The largest absolute Gasteiger partial charge is 0.476 e. The molecule has 0 unspecified atom stereocenters. The highest BCUT2D eigenvalue weighted by atomic mass is 16.4. The van der Waals surface area contributed by atoms with Crippen LogP contribution in [0.15, 0.2) is 6.07 Å². The molecule has 1 aliphatic rings. The molecule has 25 heavy (non-hydrogen) atoms. The molecule has 134 valence electrons. The number of rotatable bonds is 5. The smallest absolute Gasteiger partial charge is 0.356 e. The molecule has 1 aliphatic heterocycles. The van der Waals surface area contributed by atoms with E-state index in [4.69, 9.17) is 0 Å². The van der Waals surface area contributed by atoms with Crippen LogP contribution in [0.5, 0.6) is 0 Å². The molecule has 2 aromatic rings. The summed E-state index contributed by atoms with van der Waals surface area (Å²) in [4.78, 5) is 25.6. The molecule has 0 bridgehead atoms. The van der Waals surface area contributed by atoms with Crippen LogP contribution in [0.2, 0.25) is 0 Å². The Hall–Kier alpha value is -2.64. The second-order valence-electron chi connectivity index (χ2n) is 6.52. The standard InChI is InChI=1S/C17H23N5O3/c1-11-9-12(2)22(18-11)7-4-5-15(23)21-8-6-14-13(10-21)16(17(24)25)19-20(14)3/h9H,4-8,10H2,1-3H3,(H,24,25). The number of aryl methyl sites for hydroxylation is 4. The zero-order valence-corrected chi connectivity index (χ0v) is 14.8. The molecular formula is C17H23N5O3. The molecule has 1 amide bonds. The number of carbonyl (C=O) groups excluding carboxylic acids is 1. The summed E-state index contributed by atoms with van der Waals surface area (Å²) in [6.45, 7) is 5.59.